The van der Waals surface area contributed by atoms with E-state index in [4.69, 9.17) is 0 Å². The highest BCUT2D eigenvalue weighted by molar-refractivity contribution is 7.98. The van der Waals surface area contributed by atoms with Gasteiger partial charge in [0.1, 0.15) is 0 Å². The molecule has 0 unspecified atom stereocenters. The zero-order chi connectivity index (χ0) is 9.14. The SMILES string of the molecule is CSc1cccc([N+](=O)[O-])c1C. The second kappa shape index (κ2) is 3.58. The summed E-state index contributed by atoms with van der Waals surface area (Å²) >= 11 is 1.52. The Morgan fingerprint density at radius 2 is 2.17 bits per heavy atom. The molecule has 64 valence electrons. The summed E-state index contributed by atoms with van der Waals surface area (Å²) in [5.74, 6) is 0. The van der Waals surface area contributed by atoms with E-state index in [0.717, 1.165) is 10.5 Å². The summed E-state index contributed by atoms with van der Waals surface area (Å²) < 4.78 is 0. The summed E-state index contributed by atoms with van der Waals surface area (Å²) in [4.78, 5) is 11.1. The van der Waals surface area contributed by atoms with Crippen LogP contribution >= 0.6 is 11.8 Å². The minimum atomic E-state index is -0.352. The minimum Gasteiger partial charge on any atom is -0.258 e. The van der Waals surface area contributed by atoms with Crippen molar-refractivity contribution in [3.05, 3.63) is 33.9 Å². The molecular weight excluding hydrogens is 174 g/mol. The Balaban J connectivity index is 3.23. The fourth-order valence-corrected chi connectivity index (χ4v) is 1.65. The van der Waals surface area contributed by atoms with Crippen LogP contribution in [0.2, 0.25) is 0 Å². The standard InChI is InChI=1S/C8H9NO2S/c1-6-7(9(10)11)4-3-5-8(6)12-2/h3-5H,1-2H3. The maximum absolute atomic E-state index is 10.5. The van der Waals surface area contributed by atoms with Gasteiger partial charge in [-0.05, 0) is 19.2 Å². The number of nitro benzene ring substituents is 1. The predicted octanol–water partition coefficient (Wildman–Crippen LogP) is 2.63. The lowest BCUT2D eigenvalue weighted by atomic mass is 10.2. The fraction of sp³-hybridized carbons (Fsp3) is 0.250. The van der Waals surface area contributed by atoms with Gasteiger partial charge in [-0.25, -0.2) is 0 Å². The van der Waals surface area contributed by atoms with Crippen LogP contribution in [0.15, 0.2) is 23.1 Å². The second-order valence-corrected chi connectivity index (χ2v) is 3.21. The van der Waals surface area contributed by atoms with Crippen molar-refractivity contribution in [3.8, 4) is 0 Å². The number of benzene rings is 1. The van der Waals surface area contributed by atoms with E-state index >= 15 is 0 Å². The van der Waals surface area contributed by atoms with E-state index < -0.39 is 0 Å². The normalized spacial score (nSPS) is 9.83. The average molecular weight is 183 g/mol. The Morgan fingerprint density at radius 1 is 1.50 bits per heavy atom. The van der Waals surface area contributed by atoms with Crippen LogP contribution in [0.5, 0.6) is 0 Å². The van der Waals surface area contributed by atoms with E-state index in [1.54, 1.807) is 13.0 Å². The molecule has 0 radical (unpaired) electrons. The summed E-state index contributed by atoms with van der Waals surface area (Å²) in [7, 11) is 0. The number of hydrogen-bond donors (Lipinski definition) is 0. The molecule has 0 aliphatic heterocycles. The molecule has 0 bridgehead atoms. The maximum atomic E-state index is 10.5. The molecule has 0 fully saturated rings. The zero-order valence-electron chi connectivity index (χ0n) is 6.90. The van der Waals surface area contributed by atoms with E-state index in [2.05, 4.69) is 0 Å². The lowest BCUT2D eigenvalue weighted by Gasteiger charge is -2.01. The van der Waals surface area contributed by atoms with Crippen LogP contribution < -0.4 is 0 Å². The molecule has 1 aromatic carbocycles. The van der Waals surface area contributed by atoms with Crippen LogP contribution in [0, 0.1) is 17.0 Å². The lowest BCUT2D eigenvalue weighted by Crippen LogP contribution is -1.92. The van der Waals surface area contributed by atoms with Crippen LogP contribution in [0.25, 0.3) is 0 Å². The van der Waals surface area contributed by atoms with Crippen molar-refractivity contribution >= 4 is 17.4 Å². The zero-order valence-corrected chi connectivity index (χ0v) is 7.72. The molecule has 0 aliphatic carbocycles. The molecule has 3 nitrogen and oxygen atoms in total. The summed E-state index contributed by atoms with van der Waals surface area (Å²) in [5.41, 5.74) is 0.942. The molecule has 0 aromatic heterocycles. The Kier molecular flexibility index (Phi) is 2.70. The molecule has 1 aromatic rings. The third-order valence-corrected chi connectivity index (χ3v) is 2.55. The van der Waals surface area contributed by atoms with Gasteiger partial charge >= 0.3 is 0 Å². The molecule has 0 saturated heterocycles. The molecule has 12 heavy (non-hydrogen) atoms. The maximum Gasteiger partial charge on any atom is 0.273 e. The summed E-state index contributed by atoms with van der Waals surface area (Å²) in [6.45, 7) is 1.77. The summed E-state index contributed by atoms with van der Waals surface area (Å²) in [6.07, 6.45) is 1.91. The van der Waals surface area contributed by atoms with E-state index in [1.807, 2.05) is 12.3 Å². The summed E-state index contributed by atoms with van der Waals surface area (Å²) in [6, 6.07) is 5.11. The van der Waals surface area contributed by atoms with Crippen LogP contribution in [0.4, 0.5) is 5.69 Å². The molecular formula is C8H9NO2S. The third kappa shape index (κ3) is 1.58. The molecule has 0 heterocycles. The van der Waals surface area contributed by atoms with Crippen molar-refractivity contribution in [1.29, 1.82) is 0 Å². The highest BCUT2D eigenvalue weighted by atomic mass is 32.2. The van der Waals surface area contributed by atoms with Gasteiger partial charge in [0, 0.05) is 16.5 Å². The second-order valence-electron chi connectivity index (χ2n) is 2.36. The average Bonchev–Trinajstić information content (AvgIpc) is 2.04. The quantitative estimate of drug-likeness (QED) is 0.402. The molecule has 0 N–H and O–H groups in total. The molecule has 0 atom stereocenters. The largest absolute Gasteiger partial charge is 0.273 e. The first kappa shape index (κ1) is 9.06. The van der Waals surface area contributed by atoms with Crippen molar-refractivity contribution in [2.24, 2.45) is 0 Å². The van der Waals surface area contributed by atoms with E-state index in [9.17, 15) is 10.1 Å². The topological polar surface area (TPSA) is 43.1 Å². The molecule has 4 heteroatoms. The van der Waals surface area contributed by atoms with Gasteiger partial charge in [0.15, 0.2) is 0 Å². The van der Waals surface area contributed by atoms with Crippen molar-refractivity contribution < 1.29 is 4.92 Å². The van der Waals surface area contributed by atoms with Crippen molar-refractivity contribution in [1.82, 2.24) is 0 Å². The molecule has 0 amide bonds. The highest BCUT2D eigenvalue weighted by Gasteiger charge is 2.11. The first-order chi connectivity index (χ1) is 5.66. The van der Waals surface area contributed by atoms with Crippen LogP contribution in [-0.4, -0.2) is 11.2 Å². The van der Waals surface area contributed by atoms with Gasteiger partial charge in [-0.2, -0.15) is 0 Å². The van der Waals surface area contributed by atoms with E-state index in [0.29, 0.717) is 0 Å². The van der Waals surface area contributed by atoms with Gasteiger partial charge in [0.2, 0.25) is 0 Å². The van der Waals surface area contributed by atoms with Crippen molar-refractivity contribution in [2.75, 3.05) is 6.26 Å². The Morgan fingerprint density at radius 3 is 2.67 bits per heavy atom. The van der Waals surface area contributed by atoms with Gasteiger partial charge in [-0.1, -0.05) is 6.07 Å². The first-order valence-electron chi connectivity index (χ1n) is 3.45. The van der Waals surface area contributed by atoms with Gasteiger partial charge in [0.05, 0.1) is 4.92 Å². The van der Waals surface area contributed by atoms with Crippen LogP contribution in [-0.2, 0) is 0 Å². The van der Waals surface area contributed by atoms with Gasteiger partial charge in [-0.3, -0.25) is 10.1 Å². The van der Waals surface area contributed by atoms with E-state index in [-0.39, 0.29) is 10.6 Å². The van der Waals surface area contributed by atoms with Crippen molar-refractivity contribution in [3.63, 3.8) is 0 Å². The molecule has 0 aliphatic rings. The Hall–Kier alpha value is -1.03. The predicted molar refractivity (Wildman–Crippen MR) is 49.6 cm³/mol. The third-order valence-electron chi connectivity index (χ3n) is 1.67. The number of thioether (sulfide) groups is 1. The molecule has 0 saturated carbocycles. The number of hydrogen-bond acceptors (Lipinski definition) is 3. The smallest absolute Gasteiger partial charge is 0.258 e. The first-order valence-corrected chi connectivity index (χ1v) is 4.67. The molecule has 1 rings (SSSR count). The number of nitrogens with zero attached hydrogens (tertiary/aromatic N) is 1. The van der Waals surface area contributed by atoms with Crippen LogP contribution in [0.1, 0.15) is 5.56 Å². The highest BCUT2D eigenvalue weighted by Crippen LogP contribution is 2.26. The van der Waals surface area contributed by atoms with Crippen molar-refractivity contribution in [2.45, 2.75) is 11.8 Å². The van der Waals surface area contributed by atoms with Crippen LogP contribution in [0.3, 0.4) is 0 Å². The Labute approximate surface area is 74.9 Å². The van der Waals surface area contributed by atoms with Gasteiger partial charge in [-0.15, -0.1) is 11.8 Å². The Bertz CT molecular complexity index is 312. The monoisotopic (exact) mass is 183 g/mol. The fourth-order valence-electron chi connectivity index (χ4n) is 1.02. The van der Waals surface area contributed by atoms with Gasteiger partial charge < -0.3 is 0 Å². The molecule has 0 spiro atoms. The number of rotatable bonds is 2. The van der Waals surface area contributed by atoms with Gasteiger partial charge in [0.25, 0.3) is 5.69 Å². The minimum absolute atomic E-state index is 0.196. The number of nitro groups is 1. The summed E-state index contributed by atoms with van der Waals surface area (Å²) in [5, 5.41) is 10.5. The van der Waals surface area contributed by atoms with E-state index in [1.165, 1.54) is 17.8 Å². The lowest BCUT2D eigenvalue weighted by molar-refractivity contribution is -0.385.